The Morgan fingerprint density at radius 3 is 2.15 bits per heavy atom. The maximum absolute atomic E-state index is 12.8. The SMILES string of the molecule is CC(C)CC(CBr)(CBr)Cc1cccc(C(F)(F)F)c1. The molecule has 0 saturated heterocycles. The van der Waals surface area contributed by atoms with Gasteiger partial charge in [0.25, 0.3) is 0 Å². The summed E-state index contributed by atoms with van der Waals surface area (Å²) in [5.74, 6) is 0.496. The van der Waals surface area contributed by atoms with E-state index < -0.39 is 11.7 Å². The van der Waals surface area contributed by atoms with E-state index in [1.807, 2.05) is 0 Å². The van der Waals surface area contributed by atoms with Crippen LogP contribution in [-0.2, 0) is 12.6 Å². The molecule has 0 aliphatic rings. The minimum absolute atomic E-state index is 0.0572. The van der Waals surface area contributed by atoms with Crippen molar-refractivity contribution in [3.8, 4) is 0 Å². The van der Waals surface area contributed by atoms with Gasteiger partial charge in [-0.25, -0.2) is 0 Å². The summed E-state index contributed by atoms with van der Waals surface area (Å²) in [5, 5.41) is 1.53. The maximum atomic E-state index is 12.8. The molecule has 1 rings (SSSR count). The largest absolute Gasteiger partial charge is 0.416 e. The van der Waals surface area contributed by atoms with Crippen LogP contribution in [0, 0.1) is 11.3 Å². The van der Waals surface area contributed by atoms with Gasteiger partial charge < -0.3 is 0 Å². The summed E-state index contributed by atoms with van der Waals surface area (Å²) in [6, 6.07) is 5.65. The Labute approximate surface area is 135 Å². The van der Waals surface area contributed by atoms with Crippen molar-refractivity contribution in [2.45, 2.75) is 32.9 Å². The third kappa shape index (κ3) is 5.06. The van der Waals surface area contributed by atoms with Gasteiger partial charge in [0, 0.05) is 10.7 Å². The smallest absolute Gasteiger partial charge is 0.166 e. The van der Waals surface area contributed by atoms with E-state index in [4.69, 9.17) is 0 Å². The van der Waals surface area contributed by atoms with Crippen LogP contribution in [0.1, 0.15) is 31.4 Å². The number of benzene rings is 1. The topological polar surface area (TPSA) is 0 Å². The Balaban J connectivity index is 3.00. The van der Waals surface area contributed by atoms with E-state index in [9.17, 15) is 13.2 Å². The van der Waals surface area contributed by atoms with Crippen LogP contribution in [0.15, 0.2) is 24.3 Å². The molecule has 20 heavy (non-hydrogen) atoms. The zero-order valence-electron chi connectivity index (χ0n) is 11.6. The highest BCUT2D eigenvalue weighted by Gasteiger charge is 2.32. The van der Waals surface area contributed by atoms with Crippen molar-refractivity contribution < 1.29 is 13.2 Å². The van der Waals surface area contributed by atoms with Gasteiger partial charge >= 0.3 is 6.18 Å². The summed E-state index contributed by atoms with van der Waals surface area (Å²) < 4.78 is 38.3. The van der Waals surface area contributed by atoms with E-state index in [0.717, 1.165) is 28.7 Å². The lowest BCUT2D eigenvalue weighted by Crippen LogP contribution is -2.29. The first kappa shape index (κ1) is 18.0. The molecule has 0 aromatic heterocycles. The monoisotopic (exact) mass is 414 g/mol. The van der Waals surface area contributed by atoms with E-state index in [1.54, 1.807) is 6.07 Å². The predicted molar refractivity (Wildman–Crippen MR) is 84.6 cm³/mol. The van der Waals surface area contributed by atoms with Crippen LogP contribution in [0.3, 0.4) is 0 Å². The first-order valence-corrected chi connectivity index (χ1v) is 8.75. The molecule has 0 amide bonds. The van der Waals surface area contributed by atoms with Crippen LogP contribution in [0.2, 0.25) is 0 Å². The first-order chi connectivity index (χ1) is 9.22. The molecule has 0 heterocycles. The predicted octanol–water partition coefficient (Wildman–Crippen LogP) is 6.07. The van der Waals surface area contributed by atoms with Gasteiger partial charge in [-0.05, 0) is 35.8 Å². The van der Waals surface area contributed by atoms with Crippen LogP contribution in [0.5, 0.6) is 0 Å². The second-order valence-corrected chi connectivity index (χ2v) is 6.86. The normalized spacial score (nSPS) is 13.0. The lowest BCUT2D eigenvalue weighted by Gasteiger charge is -2.32. The van der Waals surface area contributed by atoms with Crippen molar-refractivity contribution in [2.75, 3.05) is 10.7 Å². The van der Waals surface area contributed by atoms with Gasteiger partial charge in [-0.3, -0.25) is 0 Å². The van der Waals surface area contributed by atoms with Crippen molar-refractivity contribution in [2.24, 2.45) is 11.3 Å². The van der Waals surface area contributed by atoms with Crippen molar-refractivity contribution >= 4 is 31.9 Å². The standard InChI is InChI=1S/C15H19Br2F3/c1-11(2)7-14(9-16,10-17)8-12-4-3-5-13(6-12)15(18,19)20/h3-6,11H,7-10H2,1-2H3. The summed E-state index contributed by atoms with van der Waals surface area (Å²) in [6.45, 7) is 4.26. The number of rotatable bonds is 6. The van der Waals surface area contributed by atoms with Gasteiger partial charge in [-0.15, -0.1) is 0 Å². The lowest BCUT2D eigenvalue weighted by atomic mass is 9.78. The molecule has 0 nitrogen and oxygen atoms in total. The summed E-state index contributed by atoms with van der Waals surface area (Å²) in [7, 11) is 0. The van der Waals surface area contributed by atoms with Crippen LogP contribution in [0.25, 0.3) is 0 Å². The molecule has 0 saturated carbocycles. The number of hydrogen-bond donors (Lipinski definition) is 0. The van der Waals surface area contributed by atoms with Crippen molar-refractivity contribution in [3.63, 3.8) is 0 Å². The molecule has 0 radical (unpaired) electrons. The van der Waals surface area contributed by atoms with Crippen LogP contribution in [-0.4, -0.2) is 10.7 Å². The lowest BCUT2D eigenvalue weighted by molar-refractivity contribution is -0.137. The molecule has 0 unspecified atom stereocenters. The maximum Gasteiger partial charge on any atom is 0.416 e. The van der Waals surface area contributed by atoms with Crippen LogP contribution < -0.4 is 0 Å². The Morgan fingerprint density at radius 2 is 1.70 bits per heavy atom. The molecule has 1 aromatic carbocycles. The summed E-state index contributed by atoms with van der Waals surface area (Å²) >= 11 is 7.05. The van der Waals surface area contributed by atoms with Crippen molar-refractivity contribution in [3.05, 3.63) is 35.4 Å². The fourth-order valence-corrected chi connectivity index (χ4v) is 4.25. The highest BCUT2D eigenvalue weighted by molar-refractivity contribution is 9.09. The second-order valence-electron chi connectivity index (χ2n) is 5.74. The highest BCUT2D eigenvalue weighted by Crippen LogP contribution is 2.36. The third-order valence-corrected chi connectivity index (χ3v) is 5.62. The van der Waals surface area contributed by atoms with Gasteiger partial charge in [0.05, 0.1) is 5.56 Å². The fraction of sp³-hybridized carbons (Fsp3) is 0.600. The molecule has 0 aliphatic carbocycles. The van der Waals surface area contributed by atoms with E-state index in [-0.39, 0.29) is 5.41 Å². The zero-order chi connectivity index (χ0) is 15.4. The van der Waals surface area contributed by atoms with Crippen LogP contribution >= 0.6 is 31.9 Å². The molecule has 0 aliphatic heterocycles. The number of halogens is 5. The Bertz CT molecular complexity index is 423. The molecule has 0 atom stereocenters. The first-order valence-electron chi connectivity index (χ1n) is 6.50. The molecule has 114 valence electrons. The fourth-order valence-electron chi connectivity index (χ4n) is 2.47. The van der Waals surface area contributed by atoms with Crippen molar-refractivity contribution in [1.82, 2.24) is 0 Å². The average Bonchev–Trinajstić information content (AvgIpc) is 2.36. The Kier molecular flexibility index (Phi) is 6.58. The number of hydrogen-bond acceptors (Lipinski definition) is 0. The Morgan fingerprint density at radius 1 is 1.10 bits per heavy atom. The van der Waals surface area contributed by atoms with E-state index in [0.29, 0.717) is 12.3 Å². The van der Waals surface area contributed by atoms with Crippen LogP contribution in [0.4, 0.5) is 13.2 Å². The van der Waals surface area contributed by atoms with Gasteiger partial charge in [-0.1, -0.05) is 63.9 Å². The molecule has 1 aromatic rings. The highest BCUT2D eigenvalue weighted by atomic mass is 79.9. The minimum atomic E-state index is -4.28. The number of alkyl halides is 5. The van der Waals surface area contributed by atoms with E-state index in [2.05, 4.69) is 45.7 Å². The van der Waals surface area contributed by atoms with Gasteiger partial charge in [-0.2, -0.15) is 13.2 Å². The molecular weight excluding hydrogens is 397 g/mol. The molecular formula is C15H19Br2F3. The molecule has 5 heteroatoms. The molecule has 0 spiro atoms. The summed E-state index contributed by atoms with van der Waals surface area (Å²) in [6.07, 6.45) is -2.69. The summed E-state index contributed by atoms with van der Waals surface area (Å²) in [5.41, 5.74) is 0.107. The molecule has 0 bridgehead atoms. The quantitative estimate of drug-likeness (QED) is 0.494. The molecule has 0 N–H and O–H groups in total. The van der Waals surface area contributed by atoms with Crippen molar-refractivity contribution in [1.29, 1.82) is 0 Å². The Hall–Kier alpha value is -0.0300. The van der Waals surface area contributed by atoms with Gasteiger partial charge in [0.15, 0.2) is 0 Å². The zero-order valence-corrected chi connectivity index (χ0v) is 14.8. The summed E-state index contributed by atoms with van der Waals surface area (Å²) in [4.78, 5) is 0. The van der Waals surface area contributed by atoms with Gasteiger partial charge in [0.2, 0.25) is 0 Å². The van der Waals surface area contributed by atoms with E-state index >= 15 is 0 Å². The van der Waals surface area contributed by atoms with Gasteiger partial charge in [0.1, 0.15) is 0 Å². The third-order valence-electron chi connectivity index (χ3n) is 3.24. The molecule has 0 fully saturated rings. The second kappa shape index (κ2) is 7.30. The minimum Gasteiger partial charge on any atom is -0.166 e. The average molecular weight is 416 g/mol. The van der Waals surface area contributed by atoms with E-state index in [1.165, 1.54) is 12.1 Å².